The first-order chi connectivity index (χ1) is 8.66. The average molecular weight is 244 g/mol. The fourth-order valence-electron chi connectivity index (χ4n) is 2.53. The van der Waals surface area contributed by atoms with Crippen molar-refractivity contribution in [3.8, 4) is 0 Å². The van der Waals surface area contributed by atoms with Gasteiger partial charge < -0.3 is 9.47 Å². The number of nitrogens with one attached hydrogen (secondary N) is 1. The van der Waals surface area contributed by atoms with Crippen LogP contribution in [-0.2, 0) is 6.54 Å². The van der Waals surface area contributed by atoms with Crippen LogP contribution in [0, 0.1) is 6.92 Å². The summed E-state index contributed by atoms with van der Waals surface area (Å²) in [5.41, 5.74) is 2.59. The molecule has 94 valence electrons. The van der Waals surface area contributed by atoms with Crippen LogP contribution in [0.2, 0.25) is 0 Å². The number of hydrogen-bond acceptors (Lipinski definition) is 2. The molecule has 5 nitrogen and oxygen atoms in total. The number of rotatable bonds is 1. The molecular formula is C13H16N4O. The Balaban J connectivity index is 1.88. The summed E-state index contributed by atoms with van der Waals surface area (Å²) < 4.78 is 2.20. The van der Waals surface area contributed by atoms with Crippen molar-refractivity contribution in [2.24, 2.45) is 0 Å². The first-order valence-electron chi connectivity index (χ1n) is 6.15. The fourth-order valence-corrected chi connectivity index (χ4v) is 2.53. The fraction of sp³-hybridized carbons (Fsp3) is 0.385. The Hall–Kier alpha value is -2.04. The molecule has 0 spiro atoms. The third-order valence-corrected chi connectivity index (χ3v) is 3.53. The summed E-state index contributed by atoms with van der Waals surface area (Å²) in [7, 11) is 0. The number of carbonyl (C=O) groups is 1. The summed E-state index contributed by atoms with van der Waals surface area (Å²) in [5, 5.41) is 6.86. The molecular weight excluding hydrogens is 228 g/mol. The highest BCUT2D eigenvalue weighted by Gasteiger charge is 2.29. The Morgan fingerprint density at radius 1 is 1.50 bits per heavy atom. The van der Waals surface area contributed by atoms with Gasteiger partial charge in [0.2, 0.25) is 0 Å². The minimum absolute atomic E-state index is 0.000648. The van der Waals surface area contributed by atoms with Crippen molar-refractivity contribution in [1.82, 2.24) is 19.7 Å². The van der Waals surface area contributed by atoms with Crippen molar-refractivity contribution >= 4 is 5.91 Å². The van der Waals surface area contributed by atoms with E-state index in [9.17, 15) is 4.79 Å². The molecule has 0 bridgehead atoms. The number of aryl methyl sites for hydroxylation is 1. The molecule has 0 saturated carbocycles. The van der Waals surface area contributed by atoms with Gasteiger partial charge in [-0.3, -0.25) is 9.89 Å². The van der Waals surface area contributed by atoms with Crippen molar-refractivity contribution in [2.75, 3.05) is 6.54 Å². The molecule has 3 rings (SSSR count). The lowest BCUT2D eigenvalue weighted by Crippen LogP contribution is -2.40. The summed E-state index contributed by atoms with van der Waals surface area (Å²) in [5.74, 6) is -0.000648. The van der Waals surface area contributed by atoms with Gasteiger partial charge >= 0.3 is 0 Å². The van der Waals surface area contributed by atoms with Gasteiger partial charge in [0, 0.05) is 30.7 Å². The van der Waals surface area contributed by atoms with E-state index in [0.717, 1.165) is 18.8 Å². The zero-order valence-electron chi connectivity index (χ0n) is 10.6. The Bertz CT molecular complexity index is 583. The van der Waals surface area contributed by atoms with E-state index in [2.05, 4.69) is 34.0 Å². The average Bonchev–Trinajstić information content (AvgIpc) is 2.97. The van der Waals surface area contributed by atoms with E-state index in [0.29, 0.717) is 5.69 Å². The van der Waals surface area contributed by atoms with Crippen LogP contribution in [-0.4, -0.2) is 32.1 Å². The minimum Gasteiger partial charge on any atom is -0.348 e. The quantitative estimate of drug-likeness (QED) is 0.830. The van der Waals surface area contributed by atoms with Crippen molar-refractivity contribution in [1.29, 1.82) is 0 Å². The van der Waals surface area contributed by atoms with Crippen LogP contribution in [0.15, 0.2) is 24.4 Å². The predicted octanol–water partition coefficient (Wildman–Crippen LogP) is 1.74. The topological polar surface area (TPSA) is 53.9 Å². The van der Waals surface area contributed by atoms with Gasteiger partial charge in [-0.15, -0.1) is 0 Å². The van der Waals surface area contributed by atoms with Gasteiger partial charge in [-0.2, -0.15) is 5.10 Å². The lowest BCUT2D eigenvalue weighted by Gasteiger charge is -2.34. The van der Waals surface area contributed by atoms with Gasteiger partial charge in [-0.05, 0) is 32.0 Å². The van der Waals surface area contributed by atoms with Crippen molar-refractivity contribution in [3.63, 3.8) is 0 Å². The molecule has 1 aliphatic rings. The van der Waals surface area contributed by atoms with Gasteiger partial charge in [0.05, 0.1) is 6.04 Å². The summed E-state index contributed by atoms with van der Waals surface area (Å²) in [6.45, 7) is 5.53. The molecule has 18 heavy (non-hydrogen) atoms. The summed E-state index contributed by atoms with van der Waals surface area (Å²) >= 11 is 0. The smallest absolute Gasteiger partial charge is 0.274 e. The van der Waals surface area contributed by atoms with Crippen LogP contribution in [0.3, 0.4) is 0 Å². The van der Waals surface area contributed by atoms with E-state index in [1.54, 1.807) is 6.07 Å². The lowest BCUT2D eigenvalue weighted by molar-refractivity contribution is 0.0638. The summed E-state index contributed by atoms with van der Waals surface area (Å²) in [4.78, 5) is 14.3. The second kappa shape index (κ2) is 4.01. The Morgan fingerprint density at radius 2 is 2.33 bits per heavy atom. The zero-order chi connectivity index (χ0) is 12.7. The largest absolute Gasteiger partial charge is 0.348 e. The maximum Gasteiger partial charge on any atom is 0.274 e. The molecule has 5 heteroatoms. The highest BCUT2D eigenvalue weighted by Crippen LogP contribution is 2.26. The highest BCUT2D eigenvalue weighted by molar-refractivity contribution is 5.92. The Kier molecular flexibility index (Phi) is 2.47. The highest BCUT2D eigenvalue weighted by atomic mass is 16.2. The van der Waals surface area contributed by atoms with E-state index in [1.165, 1.54) is 5.69 Å². The van der Waals surface area contributed by atoms with Gasteiger partial charge in [-0.1, -0.05) is 0 Å². The van der Waals surface area contributed by atoms with Gasteiger partial charge in [0.15, 0.2) is 0 Å². The second-order valence-electron chi connectivity index (χ2n) is 4.74. The van der Waals surface area contributed by atoms with E-state index in [1.807, 2.05) is 17.9 Å². The Morgan fingerprint density at radius 3 is 3.06 bits per heavy atom. The van der Waals surface area contributed by atoms with Crippen LogP contribution < -0.4 is 0 Å². The third kappa shape index (κ3) is 1.63. The molecule has 1 aliphatic heterocycles. The zero-order valence-corrected chi connectivity index (χ0v) is 10.6. The van der Waals surface area contributed by atoms with Crippen molar-refractivity contribution in [2.45, 2.75) is 26.4 Å². The minimum atomic E-state index is -0.000648. The van der Waals surface area contributed by atoms with Crippen LogP contribution in [0.5, 0.6) is 0 Å². The lowest BCUT2D eigenvalue weighted by atomic mass is 10.1. The molecule has 1 unspecified atom stereocenters. The normalized spacial score (nSPS) is 18.8. The van der Waals surface area contributed by atoms with Gasteiger partial charge in [0.1, 0.15) is 5.69 Å². The second-order valence-corrected chi connectivity index (χ2v) is 4.74. The molecule has 1 amide bonds. The molecule has 0 aliphatic carbocycles. The molecule has 1 N–H and O–H groups in total. The number of aromatic amines is 1. The molecule has 2 aromatic heterocycles. The van der Waals surface area contributed by atoms with Crippen LogP contribution in [0.1, 0.15) is 34.8 Å². The number of hydrogen-bond donors (Lipinski definition) is 1. The molecule has 0 radical (unpaired) electrons. The number of fused-ring (bicyclic) bond motifs is 1. The SMILES string of the molecule is Cc1cc(C(=O)N2CCn3cccc3C2C)n[nH]1. The van der Waals surface area contributed by atoms with Crippen molar-refractivity contribution < 1.29 is 4.79 Å². The Labute approximate surface area is 105 Å². The van der Waals surface area contributed by atoms with Crippen LogP contribution >= 0.6 is 0 Å². The number of H-pyrrole nitrogens is 1. The number of nitrogens with zero attached hydrogens (tertiary/aromatic N) is 3. The maximum atomic E-state index is 12.4. The van der Waals surface area contributed by atoms with Gasteiger partial charge in [-0.25, -0.2) is 0 Å². The monoisotopic (exact) mass is 244 g/mol. The van der Waals surface area contributed by atoms with E-state index in [-0.39, 0.29) is 11.9 Å². The molecule has 2 aromatic rings. The summed E-state index contributed by atoms with van der Waals surface area (Å²) in [6, 6.07) is 5.99. The third-order valence-electron chi connectivity index (χ3n) is 3.53. The van der Waals surface area contributed by atoms with E-state index >= 15 is 0 Å². The van der Waals surface area contributed by atoms with Crippen LogP contribution in [0.25, 0.3) is 0 Å². The molecule has 0 aromatic carbocycles. The standard InChI is InChI=1S/C13H16N4O/c1-9-8-11(15-14-9)13(18)17-7-6-16-5-3-4-12(16)10(17)2/h3-5,8,10H,6-7H2,1-2H3,(H,14,15). The van der Waals surface area contributed by atoms with Crippen molar-refractivity contribution in [3.05, 3.63) is 41.5 Å². The maximum absolute atomic E-state index is 12.4. The molecule has 3 heterocycles. The number of amides is 1. The number of aromatic nitrogens is 3. The first kappa shape index (κ1) is 11.1. The molecule has 0 saturated heterocycles. The predicted molar refractivity (Wildman–Crippen MR) is 67.2 cm³/mol. The van der Waals surface area contributed by atoms with E-state index in [4.69, 9.17) is 0 Å². The molecule has 1 atom stereocenters. The number of carbonyl (C=O) groups excluding carboxylic acids is 1. The van der Waals surface area contributed by atoms with E-state index < -0.39 is 0 Å². The van der Waals surface area contributed by atoms with Crippen LogP contribution in [0.4, 0.5) is 0 Å². The summed E-state index contributed by atoms with van der Waals surface area (Å²) in [6.07, 6.45) is 2.06. The first-order valence-corrected chi connectivity index (χ1v) is 6.15. The van der Waals surface area contributed by atoms with Gasteiger partial charge in [0.25, 0.3) is 5.91 Å². The molecule has 0 fully saturated rings.